The zero-order chi connectivity index (χ0) is 15.4. The standard InChI is InChI=1S/C16H20N2O3/c1-11-6-3-4-9-18(11)16(21)15(20)17-14-8-5-7-13(10-14)12(2)19/h5,7-8,10-11H,3-4,6,9H2,1-2H3,(H,17,20). The van der Waals surface area contributed by atoms with Crippen LogP contribution in [0.2, 0.25) is 0 Å². The molecule has 0 spiro atoms. The van der Waals surface area contributed by atoms with Crippen molar-refractivity contribution in [3.05, 3.63) is 29.8 Å². The molecular weight excluding hydrogens is 268 g/mol. The number of anilines is 1. The minimum Gasteiger partial charge on any atom is -0.332 e. The van der Waals surface area contributed by atoms with Gasteiger partial charge in [0.2, 0.25) is 0 Å². The molecular formula is C16H20N2O3. The number of Topliss-reactive ketones (excluding diaryl/α,β-unsaturated/α-hetero) is 1. The number of carbonyl (C=O) groups is 3. The number of amides is 2. The number of rotatable bonds is 2. The maximum absolute atomic E-state index is 12.2. The van der Waals surface area contributed by atoms with Gasteiger partial charge in [-0.15, -0.1) is 0 Å². The molecule has 2 amide bonds. The summed E-state index contributed by atoms with van der Waals surface area (Å²) in [5, 5.41) is 2.57. The molecule has 0 radical (unpaired) electrons. The largest absolute Gasteiger partial charge is 0.332 e. The van der Waals surface area contributed by atoms with Gasteiger partial charge in [-0.05, 0) is 45.2 Å². The van der Waals surface area contributed by atoms with Gasteiger partial charge in [0, 0.05) is 23.8 Å². The van der Waals surface area contributed by atoms with Gasteiger partial charge in [0.25, 0.3) is 0 Å². The van der Waals surface area contributed by atoms with Crippen molar-refractivity contribution in [3.8, 4) is 0 Å². The number of likely N-dealkylation sites (tertiary alicyclic amines) is 1. The van der Waals surface area contributed by atoms with Gasteiger partial charge in [0.15, 0.2) is 5.78 Å². The fourth-order valence-electron chi connectivity index (χ4n) is 2.53. The first-order chi connectivity index (χ1) is 9.99. The van der Waals surface area contributed by atoms with Crippen LogP contribution in [0.15, 0.2) is 24.3 Å². The Kier molecular flexibility index (Phi) is 4.73. The SMILES string of the molecule is CC(=O)c1cccc(NC(=O)C(=O)N2CCCCC2C)c1. The summed E-state index contributed by atoms with van der Waals surface area (Å²) in [4.78, 5) is 37.2. The molecule has 5 nitrogen and oxygen atoms in total. The summed E-state index contributed by atoms with van der Waals surface area (Å²) in [5.41, 5.74) is 0.970. The van der Waals surface area contributed by atoms with Crippen molar-refractivity contribution in [1.82, 2.24) is 4.90 Å². The zero-order valence-corrected chi connectivity index (χ0v) is 12.4. The van der Waals surface area contributed by atoms with Crippen molar-refractivity contribution in [2.24, 2.45) is 0 Å². The highest BCUT2D eigenvalue weighted by molar-refractivity contribution is 6.39. The monoisotopic (exact) mass is 288 g/mol. The second-order valence-corrected chi connectivity index (χ2v) is 5.43. The highest BCUT2D eigenvalue weighted by Gasteiger charge is 2.28. The number of nitrogens with one attached hydrogen (secondary N) is 1. The molecule has 1 fully saturated rings. The van der Waals surface area contributed by atoms with Gasteiger partial charge >= 0.3 is 11.8 Å². The molecule has 0 aliphatic carbocycles. The maximum atomic E-state index is 12.2. The Balaban J connectivity index is 2.05. The molecule has 0 saturated carbocycles. The Morgan fingerprint density at radius 1 is 1.24 bits per heavy atom. The first kappa shape index (κ1) is 15.2. The molecule has 1 atom stereocenters. The third-order valence-corrected chi connectivity index (χ3v) is 3.79. The lowest BCUT2D eigenvalue weighted by Gasteiger charge is -2.32. The molecule has 1 N–H and O–H groups in total. The first-order valence-corrected chi connectivity index (χ1v) is 7.22. The van der Waals surface area contributed by atoms with Crippen LogP contribution in [0.5, 0.6) is 0 Å². The van der Waals surface area contributed by atoms with E-state index in [0.717, 1.165) is 19.3 Å². The molecule has 5 heteroatoms. The van der Waals surface area contributed by atoms with Crippen molar-refractivity contribution in [1.29, 1.82) is 0 Å². The van der Waals surface area contributed by atoms with E-state index in [-0.39, 0.29) is 11.8 Å². The number of hydrogen-bond donors (Lipinski definition) is 1. The predicted molar refractivity (Wildman–Crippen MR) is 80.1 cm³/mol. The average Bonchev–Trinajstić information content (AvgIpc) is 2.47. The van der Waals surface area contributed by atoms with Crippen LogP contribution < -0.4 is 5.32 Å². The summed E-state index contributed by atoms with van der Waals surface area (Å²) >= 11 is 0. The molecule has 0 aromatic heterocycles. The van der Waals surface area contributed by atoms with Gasteiger partial charge in [0.1, 0.15) is 0 Å². The van der Waals surface area contributed by atoms with Gasteiger partial charge in [-0.3, -0.25) is 14.4 Å². The summed E-state index contributed by atoms with van der Waals surface area (Å²) in [6.45, 7) is 4.04. The van der Waals surface area contributed by atoms with E-state index in [1.807, 2.05) is 6.92 Å². The number of carbonyl (C=O) groups excluding carboxylic acids is 3. The van der Waals surface area contributed by atoms with Crippen LogP contribution >= 0.6 is 0 Å². The third kappa shape index (κ3) is 3.68. The fraction of sp³-hybridized carbons (Fsp3) is 0.438. The lowest BCUT2D eigenvalue weighted by Crippen LogP contribution is -2.47. The van der Waals surface area contributed by atoms with Crippen LogP contribution in [-0.2, 0) is 9.59 Å². The third-order valence-electron chi connectivity index (χ3n) is 3.79. The molecule has 1 aliphatic heterocycles. The predicted octanol–water partition coefficient (Wildman–Crippen LogP) is 2.23. The second-order valence-electron chi connectivity index (χ2n) is 5.43. The Labute approximate surface area is 124 Å². The normalized spacial score (nSPS) is 18.2. The van der Waals surface area contributed by atoms with Crippen LogP contribution in [-0.4, -0.2) is 35.1 Å². The van der Waals surface area contributed by atoms with Crippen LogP contribution in [0.25, 0.3) is 0 Å². The summed E-state index contributed by atoms with van der Waals surface area (Å²) in [6.07, 6.45) is 2.95. The lowest BCUT2D eigenvalue weighted by atomic mass is 10.0. The van der Waals surface area contributed by atoms with E-state index in [9.17, 15) is 14.4 Å². The first-order valence-electron chi connectivity index (χ1n) is 7.22. The van der Waals surface area contributed by atoms with Crippen LogP contribution in [0.1, 0.15) is 43.5 Å². The van der Waals surface area contributed by atoms with Crippen LogP contribution in [0.3, 0.4) is 0 Å². The highest BCUT2D eigenvalue weighted by Crippen LogP contribution is 2.17. The smallest absolute Gasteiger partial charge is 0.313 e. The number of ketones is 1. The van der Waals surface area contributed by atoms with Gasteiger partial charge in [-0.25, -0.2) is 0 Å². The molecule has 1 aromatic rings. The van der Waals surface area contributed by atoms with E-state index in [1.165, 1.54) is 6.92 Å². The van der Waals surface area contributed by atoms with E-state index >= 15 is 0 Å². The quantitative estimate of drug-likeness (QED) is 0.670. The fourth-order valence-corrected chi connectivity index (χ4v) is 2.53. The second kappa shape index (κ2) is 6.52. The molecule has 0 bridgehead atoms. The Hall–Kier alpha value is -2.17. The topological polar surface area (TPSA) is 66.5 Å². The summed E-state index contributed by atoms with van der Waals surface area (Å²) in [6, 6.07) is 6.69. The number of piperidine rings is 1. The van der Waals surface area contributed by atoms with Gasteiger partial charge in [-0.1, -0.05) is 12.1 Å². The number of benzene rings is 1. The minimum absolute atomic E-state index is 0.0814. The van der Waals surface area contributed by atoms with Crippen molar-refractivity contribution >= 4 is 23.3 Å². The van der Waals surface area contributed by atoms with Gasteiger partial charge in [-0.2, -0.15) is 0 Å². The number of nitrogens with zero attached hydrogens (tertiary/aromatic N) is 1. The van der Waals surface area contributed by atoms with E-state index in [4.69, 9.17) is 0 Å². The highest BCUT2D eigenvalue weighted by atomic mass is 16.2. The van der Waals surface area contributed by atoms with Crippen molar-refractivity contribution in [2.45, 2.75) is 39.2 Å². The average molecular weight is 288 g/mol. The molecule has 1 aromatic carbocycles. The molecule has 2 rings (SSSR count). The summed E-state index contributed by atoms with van der Waals surface area (Å²) in [5.74, 6) is -1.23. The maximum Gasteiger partial charge on any atom is 0.313 e. The Morgan fingerprint density at radius 2 is 2.00 bits per heavy atom. The molecule has 21 heavy (non-hydrogen) atoms. The lowest BCUT2D eigenvalue weighted by molar-refractivity contribution is -0.145. The van der Waals surface area contributed by atoms with Crippen molar-refractivity contribution in [3.63, 3.8) is 0 Å². The summed E-state index contributed by atoms with van der Waals surface area (Å²) in [7, 11) is 0. The molecule has 1 unspecified atom stereocenters. The van der Waals surface area contributed by atoms with Crippen molar-refractivity contribution in [2.75, 3.05) is 11.9 Å². The molecule has 1 aliphatic rings. The van der Waals surface area contributed by atoms with Crippen molar-refractivity contribution < 1.29 is 14.4 Å². The van der Waals surface area contributed by atoms with E-state index < -0.39 is 11.8 Å². The zero-order valence-electron chi connectivity index (χ0n) is 12.4. The minimum atomic E-state index is -0.649. The van der Waals surface area contributed by atoms with E-state index in [2.05, 4.69) is 5.32 Å². The summed E-state index contributed by atoms with van der Waals surface area (Å²) < 4.78 is 0. The Bertz CT molecular complexity index is 568. The van der Waals surface area contributed by atoms with Crippen LogP contribution in [0, 0.1) is 0 Å². The molecule has 1 heterocycles. The Morgan fingerprint density at radius 3 is 2.67 bits per heavy atom. The molecule has 1 saturated heterocycles. The van der Waals surface area contributed by atoms with Crippen LogP contribution in [0.4, 0.5) is 5.69 Å². The van der Waals surface area contributed by atoms with Gasteiger partial charge in [0.05, 0.1) is 0 Å². The van der Waals surface area contributed by atoms with E-state index in [0.29, 0.717) is 17.8 Å². The van der Waals surface area contributed by atoms with Gasteiger partial charge < -0.3 is 10.2 Å². The molecule has 112 valence electrons. The number of hydrogen-bond acceptors (Lipinski definition) is 3. The van der Waals surface area contributed by atoms with E-state index in [1.54, 1.807) is 29.2 Å².